The first-order valence-electron chi connectivity index (χ1n) is 11.8. The van der Waals surface area contributed by atoms with Gasteiger partial charge in [-0.1, -0.05) is 11.6 Å². The molecule has 1 aromatic heterocycles. The summed E-state index contributed by atoms with van der Waals surface area (Å²) in [5, 5.41) is 8.42. The molecule has 1 unspecified atom stereocenters. The van der Waals surface area contributed by atoms with E-state index < -0.39 is 70.1 Å². The number of amides is 4. The summed E-state index contributed by atoms with van der Waals surface area (Å²) < 4.78 is 74.7. The molecule has 16 heteroatoms. The van der Waals surface area contributed by atoms with E-state index in [4.69, 9.17) is 16.3 Å². The highest BCUT2D eigenvalue weighted by atomic mass is 35.5. The number of carbonyl (C=O) groups is 3. The van der Waals surface area contributed by atoms with Crippen molar-refractivity contribution in [2.24, 2.45) is 0 Å². The van der Waals surface area contributed by atoms with Gasteiger partial charge in [0.2, 0.25) is 0 Å². The molecule has 2 fully saturated rings. The number of urea groups is 1. The predicted octanol–water partition coefficient (Wildman–Crippen LogP) is 3.99. The minimum atomic E-state index is -4.79. The molecule has 2 aliphatic heterocycles. The quantitative estimate of drug-likeness (QED) is 0.416. The maximum atomic E-state index is 14.7. The fourth-order valence-corrected chi connectivity index (χ4v) is 4.72. The molecule has 0 saturated carbocycles. The molecule has 4 amide bonds. The molecule has 2 aliphatic rings. The summed E-state index contributed by atoms with van der Waals surface area (Å²) in [6.45, 7) is 0.789. The molecular weight excluding hydrogens is 569 g/mol. The van der Waals surface area contributed by atoms with Gasteiger partial charge >= 0.3 is 18.3 Å². The van der Waals surface area contributed by atoms with E-state index in [1.165, 1.54) is 6.92 Å². The normalized spacial score (nSPS) is 19.8. The van der Waals surface area contributed by atoms with Crippen LogP contribution in [-0.2, 0) is 15.7 Å². The van der Waals surface area contributed by atoms with Crippen LogP contribution in [0.3, 0.4) is 0 Å². The van der Waals surface area contributed by atoms with Crippen molar-refractivity contribution in [1.82, 2.24) is 14.8 Å². The number of hydrogen-bond acceptors (Lipinski definition) is 5. The zero-order chi connectivity index (χ0) is 29.5. The number of morpholine rings is 1. The minimum Gasteiger partial charge on any atom is -0.465 e. The van der Waals surface area contributed by atoms with Gasteiger partial charge in [-0.2, -0.15) is 13.2 Å². The number of benzene rings is 1. The lowest BCUT2D eigenvalue weighted by molar-refractivity contribution is -0.137. The zero-order valence-corrected chi connectivity index (χ0v) is 21.8. The number of carboxylic acid groups (broad SMARTS) is 1. The molecular formula is C24H23ClF5N5O5. The van der Waals surface area contributed by atoms with E-state index in [-0.39, 0.29) is 38.5 Å². The molecule has 216 valence electrons. The van der Waals surface area contributed by atoms with Crippen LogP contribution < -0.4 is 9.80 Å². The Morgan fingerprint density at radius 3 is 2.58 bits per heavy atom. The lowest BCUT2D eigenvalue weighted by atomic mass is 10.1. The van der Waals surface area contributed by atoms with E-state index in [0.717, 1.165) is 44.8 Å². The van der Waals surface area contributed by atoms with Crippen LogP contribution in [0.1, 0.15) is 11.3 Å². The van der Waals surface area contributed by atoms with Crippen LogP contribution in [0, 0.1) is 18.6 Å². The van der Waals surface area contributed by atoms with Gasteiger partial charge in [0.25, 0.3) is 5.91 Å². The van der Waals surface area contributed by atoms with Crippen LogP contribution in [0.25, 0.3) is 0 Å². The van der Waals surface area contributed by atoms with Crippen molar-refractivity contribution in [3.8, 4) is 0 Å². The van der Waals surface area contributed by atoms with Crippen LogP contribution in [0.15, 0.2) is 24.3 Å². The molecule has 0 spiro atoms. The van der Waals surface area contributed by atoms with E-state index in [0.29, 0.717) is 6.07 Å². The Hall–Kier alpha value is -3.72. The van der Waals surface area contributed by atoms with Crippen molar-refractivity contribution >= 4 is 41.1 Å². The molecule has 1 aromatic carbocycles. The van der Waals surface area contributed by atoms with Crippen molar-refractivity contribution in [3.63, 3.8) is 0 Å². The molecule has 2 atom stereocenters. The summed E-state index contributed by atoms with van der Waals surface area (Å²) >= 11 is 5.65. The Morgan fingerprint density at radius 1 is 1.23 bits per heavy atom. The molecule has 4 rings (SSSR count). The van der Waals surface area contributed by atoms with Crippen molar-refractivity contribution in [3.05, 3.63) is 52.2 Å². The van der Waals surface area contributed by atoms with Gasteiger partial charge in [-0.05, 0) is 31.2 Å². The fraction of sp³-hybridized carbons (Fsp3) is 0.417. The van der Waals surface area contributed by atoms with Gasteiger partial charge in [0, 0.05) is 19.3 Å². The number of aryl methyl sites for hydroxylation is 1. The van der Waals surface area contributed by atoms with Crippen molar-refractivity contribution in [2.75, 3.05) is 49.6 Å². The number of halogens is 6. The number of alkyl halides is 3. The summed E-state index contributed by atoms with van der Waals surface area (Å²) in [6, 6.07) is 0.795. The number of carbonyl (C=O) groups excluding carboxylic acids is 2. The molecule has 0 bridgehead atoms. The summed E-state index contributed by atoms with van der Waals surface area (Å²) in [7, 11) is 1.14. The van der Waals surface area contributed by atoms with Crippen molar-refractivity contribution in [2.45, 2.75) is 25.2 Å². The SMILES string of the molecule is Cc1cc(C(F)(F)F)cc(N2C(=O)N(CC3CN(C(=O)O)CCO3)C[C@H]2C(=O)N(C)c2ccc(F)c(Cl)c2F)n1. The van der Waals surface area contributed by atoms with Gasteiger partial charge < -0.3 is 24.5 Å². The van der Waals surface area contributed by atoms with Crippen LogP contribution in [0.4, 0.5) is 43.0 Å². The number of aromatic nitrogens is 1. The molecule has 2 aromatic rings. The van der Waals surface area contributed by atoms with Gasteiger partial charge in [-0.25, -0.2) is 23.4 Å². The third kappa shape index (κ3) is 5.75. The molecule has 3 heterocycles. The van der Waals surface area contributed by atoms with Crippen LogP contribution in [0.2, 0.25) is 5.02 Å². The van der Waals surface area contributed by atoms with Gasteiger partial charge in [-0.3, -0.25) is 9.69 Å². The smallest absolute Gasteiger partial charge is 0.416 e. The number of nitrogens with zero attached hydrogens (tertiary/aromatic N) is 5. The van der Waals surface area contributed by atoms with E-state index >= 15 is 0 Å². The third-order valence-electron chi connectivity index (χ3n) is 6.52. The Kier molecular flexibility index (Phi) is 8.08. The van der Waals surface area contributed by atoms with Gasteiger partial charge in [0.05, 0.1) is 43.6 Å². The van der Waals surface area contributed by atoms with E-state index in [9.17, 15) is 41.4 Å². The molecule has 0 aliphatic carbocycles. The Labute approximate surface area is 229 Å². The summed E-state index contributed by atoms with van der Waals surface area (Å²) in [5.74, 6) is -3.71. The summed E-state index contributed by atoms with van der Waals surface area (Å²) in [5.41, 5.74) is -1.62. The van der Waals surface area contributed by atoms with Crippen molar-refractivity contribution in [1.29, 1.82) is 0 Å². The zero-order valence-electron chi connectivity index (χ0n) is 21.1. The monoisotopic (exact) mass is 591 g/mol. The van der Waals surface area contributed by atoms with E-state index in [1.54, 1.807) is 0 Å². The number of ether oxygens (including phenoxy) is 1. The maximum Gasteiger partial charge on any atom is 0.416 e. The second-order valence-electron chi connectivity index (χ2n) is 9.24. The van der Waals surface area contributed by atoms with Crippen LogP contribution >= 0.6 is 11.6 Å². The average Bonchev–Trinajstić information content (AvgIpc) is 3.21. The lowest BCUT2D eigenvalue weighted by Crippen LogP contribution is -2.49. The molecule has 2 saturated heterocycles. The third-order valence-corrected chi connectivity index (χ3v) is 6.87. The number of rotatable bonds is 5. The number of anilines is 2. The number of likely N-dealkylation sites (N-methyl/N-ethyl adjacent to an activating group) is 1. The highest BCUT2D eigenvalue weighted by Crippen LogP contribution is 2.35. The minimum absolute atomic E-state index is 0.0484. The molecule has 1 N–H and O–H groups in total. The van der Waals surface area contributed by atoms with Crippen molar-refractivity contribution < 1.29 is 46.2 Å². The van der Waals surface area contributed by atoms with Crippen LogP contribution in [-0.4, -0.2) is 89.9 Å². The first-order chi connectivity index (χ1) is 18.7. The molecule has 0 radical (unpaired) electrons. The van der Waals surface area contributed by atoms with E-state index in [1.807, 2.05) is 0 Å². The first kappa shape index (κ1) is 29.3. The second kappa shape index (κ2) is 11.0. The van der Waals surface area contributed by atoms with Crippen LogP contribution in [0.5, 0.6) is 0 Å². The highest BCUT2D eigenvalue weighted by molar-refractivity contribution is 6.31. The largest absolute Gasteiger partial charge is 0.465 e. The molecule has 40 heavy (non-hydrogen) atoms. The summed E-state index contributed by atoms with van der Waals surface area (Å²) in [4.78, 5) is 46.3. The number of pyridine rings is 1. The number of hydrogen-bond donors (Lipinski definition) is 1. The first-order valence-corrected chi connectivity index (χ1v) is 12.2. The highest BCUT2D eigenvalue weighted by Gasteiger charge is 2.46. The Balaban J connectivity index is 1.71. The topological polar surface area (TPSA) is 107 Å². The van der Waals surface area contributed by atoms with Gasteiger partial charge in [0.1, 0.15) is 22.7 Å². The standard InChI is InChI=1S/C24H23ClF5N5O5/c1-12-7-13(24(28,29)30)8-18(31-12)35-17(21(36)32(2)16-4-3-15(26)19(25)20(16)27)11-34(22(35)37)10-14-9-33(23(38)39)5-6-40-14/h3-4,7-8,14,17H,5-6,9-11H2,1-2H3,(H,38,39)/t14?,17-/m0/s1. The lowest BCUT2D eigenvalue weighted by Gasteiger charge is -2.33. The molecule has 10 nitrogen and oxygen atoms in total. The summed E-state index contributed by atoms with van der Waals surface area (Å²) in [6.07, 6.45) is -6.77. The predicted molar refractivity (Wildman–Crippen MR) is 131 cm³/mol. The van der Waals surface area contributed by atoms with Gasteiger partial charge in [0.15, 0.2) is 5.82 Å². The Morgan fingerprint density at radius 2 is 1.93 bits per heavy atom. The van der Waals surface area contributed by atoms with Gasteiger partial charge in [-0.15, -0.1) is 0 Å². The van der Waals surface area contributed by atoms with E-state index in [2.05, 4.69) is 4.98 Å². The maximum absolute atomic E-state index is 14.7. The Bertz CT molecular complexity index is 1350. The fourth-order valence-electron chi connectivity index (χ4n) is 4.56. The second-order valence-corrected chi connectivity index (χ2v) is 9.62. The average molecular weight is 592 g/mol.